The van der Waals surface area contributed by atoms with Gasteiger partial charge in [0.25, 0.3) is 0 Å². The zero-order chi connectivity index (χ0) is 14.9. The van der Waals surface area contributed by atoms with Gasteiger partial charge in [-0.25, -0.2) is 17.9 Å². The minimum absolute atomic E-state index is 0.0231. The van der Waals surface area contributed by atoms with Crippen LogP contribution < -0.4 is 9.46 Å². The molecule has 0 atom stereocenters. The second kappa shape index (κ2) is 5.59. The molecular formula is C12H14ClNO5S. The van der Waals surface area contributed by atoms with Crippen LogP contribution in [-0.2, 0) is 10.0 Å². The van der Waals surface area contributed by atoms with Crippen LogP contribution in [0.4, 0.5) is 0 Å². The second-order valence-electron chi connectivity index (χ2n) is 4.59. The Balaban J connectivity index is 2.45. The molecule has 0 radical (unpaired) electrons. The Kier molecular flexibility index (Phi) is 4.22. The lowest BCUT2D eigenvalue weighted by Crippen LogP contribution is -2.26. The van der Waals surface area contributed by atoms with E-state index in [0.29, 0.717) is 12.5 Å². The van der Waals surface area contributed by atoms with Crippen LogP contribution in [-0.4, -0.2) is 33.1 Å². The van der Waals surface area contributed by atoms with E-state index < -0.39 is 16.0 Å². The van der Waals surface area contributed by atoms with Gasteiger partial charge in [-0.15, -0.1) is 0 Å². The Labute approximate surface area is 121 Å². The normalized spacial score (nSPS) is 15.1. The van der Waals surface area contributed by atoms with Crippen LogP contribution in [0.3, 0.4) is 0 Å². The summed E-state index contributed by atoms with van der Waals surface area (Å²) in [7, 11) is -2.64. The summed E-state index contributed by atoms with van der Waals surface area (Å²) >= 11 is 5.79. The van der Waals surface area contributed by atoms with Gasteiger partial charge in [-0.1, -0.05) is 11.6 Å². The highest BCUT2D eigenvalue weighted by molar-refractivity contribution is 7.89. The number of sulfonamides is 1. The number of aromatic carboxylic acids is 1. The molecule has 110 valence electrons. The number of carboxylic acids is 1. The average Bonchev–Trinajstić information content (AvgIpc) is 3.19. The number of hydrogen-bond donors (Lipinski definition) is 2. The lowest BCUT2D eigenvalue weighted by atomic mass is 10.2. The summed E-state index contributed by atoms with van der Waals surface area (Å²) in [5.74, 6) is -1.16. The van der Waals surface area contributed by atoms with E-state index >= 15 is 0 Å². The molecule has 6 nitrogen and oxygen atoms in total. The molecular weight excluding hydrogens is 306 g/mol. The van der Waals surface area contributed by atoms with Crippen molar-refractivity contribution >= 4 is 27.6 Å². The van der Waals surface area contributed by atoms with Crippen molar-refractivity contribution in [2.24, 2.45) is 5.92 Å². The van der Waals surface area contributed by atoms with Gasteiger partial charge in [0, 0.05) is 11.6 Å². The van der Waals surface area contributed by atoms with E-state index in [2.05, 4.69) is 4.72 Å². The standard InChI is InChI=1S/C12H14ClNO5S/c1-19-11-9(12(15)16)4-8(13)5-10(11)20(17,18)14-6-7-2-3-7/h4-5,7,14H,2-3,6H2,1H3,(H,15,16). The highest BCUT2D eigenvalue weighted by atomic mass is 35.5. The number of nitrogens with one attached hydrogen (secondary N) is 1. The number of halogens is 1. The molecule has 0 heterocycles. The Bertz CT molecular complexity index is 639. The molecule has 0 bridgehead atoms. The van der Waals surface area contributed by atoms with E-state index in [1.165, 1.54) is 13.2 Å². The maximum Gasteiger partial charge on any atom is 0.339 e. The van der Waals surface area contributed by atoms with Crippen LogP contribution in [0.5, 0.6) is 5.75 Å². The van der Waals surface area contributed by atoms with Gasteiger partial charge in [0.2, 0.25) is 10.0 Å². The smallest absolute Gasteiger partial charge is 0.339 e. The van der Waals surface area contributed by atoms with Crippen molar-refractivity contribution in [1.82, 2.24) is 4.72 Å². The Morgan fingerprint density at radius 1 is 1.50 bits per heavy atom. The summed E-state index contributed by atoms with van der Waals surface area (Å²) in [6, 6.07) is 2.34. The Morgan fingerprint density at radius 2 is 2.15 bits per heavy atom. The van der Waals surface area contributed by atoms with Crippen molar-refractivity contribution in [1.29, 1.82) is 0 Å². The number of hydrogen-bond acceptors (Lipinski definition) is 4. The first-order chi connectivity index (χ1) is 9.35. The number of ether oxygens (including phenoxy) is 1. The molecule has 0 spiro atoms. The van der Waals surface area contributed by atoms with Crippen molar-refractivity contribution in [3.8, 4) is 5.75 Å². The number of carbonyl (C=O) groups is 1. The zero-order valence-electron chi connectivity index (χ0n) is 10.7. The summed E-state index contributed by atoms with van der Waals surface area (Å²) < 4.78 is 31.8. The van der Waals surface area contributed by atoms with E-state index in [1.807, 2.05) is 0 Å². The molecule has 8 heteroatoms. The summed E-state index contributed by atoms with van der Waals surface area (Å²) in [5, 5.41) is 9.11. The average molecular weight is 320 g/mol. The summed E-state index contributed by atoms with van der Waals surface area (Å²) in [6.07, 6.45) is 1.99. The van der Waals surface area contributed by atoms with Crippen LogP contribution in [0.15, 0.2) is 17.0 Å². The maximum atomic E-state index is 12.2. The van der Waals surface area contributed by atoms with Gasteiger partial charge in [0.1, 0.15) is 10.5 Å². The van der Waals surface area contributed by atoms with Crippen LogP contribution in [0, 0.1) is 5.92 Å². The fourth-order valence-corrected chi connectivity index (χ4v) is 3.38. The van der Waals surface area contributed by atoms with E-state index in [-0.39, 0.29) is 21.2 Å². The predicted molar refractivity (Wildman–Crippen MR) is 72.9 cm³/mol. The van der Waals surface area contributed by atoms with Gasteiger partial charge < -0.3 is 9.84 Å². The highest BCUT2D eigenvalue weighted by Crippen LogP contribution is 2.33. The molecule has 0 amide bonds. The van der Waals surface area contributed by atoms with Crippen molar-refractivity contribution in [2.75, 3.05) is 13.7 Å². The first-order valence-corrected chi connectivity index (χ1v) is 7.81. The SMILES string of the molecule is COc1c(C(=O)O)cc(Cl)cc1S(=O)(=O)NCC1CC1. The molecule has 1 aliphatic rings. The van der Waals surface area contributed by atoms with Crippen molar-refractivity contribution in [2.45, 2.75) is 17.7 Å². The first-order valence-electron chi connectivity index (χ1n) is 5.95. The molecule has 1 aromatic carbocycles. The topological polar surface area (TPSA) is 92.7 Å². The molecule has 1 fully saturated rings. The number of carboxylic acid groups (broad SMARTS) is 1. The van der Waals surface area contributed by atoms with Crippen LogP contribution in [0.1, 0.15) is 23.2 Å². The van der Waals surface area contributed by atoms with Gasteiger partial charge in [0.15, 0.2) is 5.75 Å². The van der Waals surface area contributed by atoms with Gasteiger partial charge in [0.05, 0.1) is 7.11 Å². The molecule has 0 saturated heterocycles. The third-order valence-corrected chi connectivity index (χ3v) is 4.65. The highest BCUT2D eigenvalue weighted by Gasteiger charge is 2.28. The molecule has 1 aliphatic carbocycles. The number of benzene rings is 1. The second-order valence-corrected chi connectivity index (χ2v) is 6.76. The minimum Gasteiger partial charge on any atom is -0.494 e. The molecule has 0 aromatic heterocycles. The summed E-state index contributed by atoms with van der Waals surface area (Å²) in [5.41, 5.74) is -0.285. The third-order valence-electron chi connectivity index (χ3n) is 3.00. The van der Waals surface area contributed by atoms with Gasteiger partial charge in [-0.05, 0) is 30.9 Å². The largest absolute Gasteiger partial charge is 0.494 e. The van der Waals surface area contributed by atoms with Gasteiger partial charge >= 0.3 is 5.97 Å². The minimum atomic E-state index is -3.86. The molecule has 0 aliphatic heterocycles. The number of rotatable bonds is 6. The zero-order valence-corrected chi connectivity index (χ0v) is 12.3. The molecule has 1 aromatic rings. The van der Waals surface area contributed by atoms with Crippen LogP contribution in [0.2, 0.25) is 5.02 Å². The summed E-state index contributed by atoms with van der Waals surface area (Å²) in [4.78, 5) is 10.9. The fraction of sp³-hybridized carbons (Fsp3) is 0.417. The van der Waals surface area contributed by atoms with Crippen molar-refractivity contribution < 1.29 is 23.1 Å². The number of methoxy groups -OCH3 is 1. The first kappa shape index (κ1) is 15.1. The van der Waals surface area contributed by atoms with E-state index in [1.54, 1.807) is 0 Å². The Morgan fingerprint density at radius 3 is 2.65 bits per heavy atom. The molecule has 0 unspecified atom stereocenters. The van der Waals surface area contributed by atoms with Crippen LogP contribution in [0.25, 0.3) is 0 Å². The fourth-order valence-electron chi connectivity index (χ4n) is 1.76. The molecule has 2 rings (SSSR count). The van der Waals surface area contributed by atoms with E-state index in [4.69, 9.17) is 21.4 Å². The molecule has 20 heavy (non-hydrogen) atoms. The Hall–Kier alpha value is -1.31. The quantitative estimate of drug-likeness (QED) is 0.833. The predicted octanol–water partition coefficient (Wildman–Crippen LogP) is 1.74. The lowest BCUT2D eigenvalue weighted by molar-refractivity contribution is 0.0693. The molecule has 1 saturated carbocycles. The van der Waals surface area contributed by atoms with Crippen LogP contribution >= 0.6 is 11.6 Å². The van der Waals surface area contributed by atoms with Gasteiger partial charge in [-0.2, -0.15) is 0 Å². The monoisotopic (exact) mass is 319 g/mol. The molecule has 2 N–H and O–H groups in total. The maximum absolute atomic E-state index is 12.2. The summed E-state index contributed by atoms with van der Waals surface area (Å²) in [6.45, 7) is 0.334. The van der Waals surface area contributed by atoms with E-state index in [9.17, 15) is 13.2 Å². The third kappa shape index (κ3) is 3.23. The van der Waals surface area contributed by atoms with Crippen molar-refractivity contribution in [3.63, 3.8) is 0 Å². The van der Waals surface area contributed by atoms with Crippen molar-refractivity contribution in [3.05, 3.63) is 22.7 Å². The lowest BCUT2D eigenvalue weighted by Gasteiger charge is -2.13. The van der Waals surface area contributed by atoms with E-state index in [0.717, 1.165) is 18.9 Å². The van der Waals surface area contributed by atoms with Gasteiger partial charge in [-0.3, -0.25) is 0 Å².